The van der Waals surface area contributed by atoms with Gasteiger partial charge >= 0.3 is 0 Å². The van der Waals surface area contributed by atoms with Crippen LogP contribution in [0.3, 0.4) is 0 Å². The second-order valence-corrected chi connectivity index (χ2v) is 12.1. The van der Waals surface area contributed by atoms with E-state index in [9.17, 15) is 18.4 Å². The number of hydrogen-bond acceptors (Lipinski definition) is 9. The molecule has 3 N–H and O–H groups in total. The Morgan fingerprint density at radius 2 is 1.81 bits per heavy atom. The number of hydrogen-bond donors (Lipinski definition) is 3. The highest BCUT2D eigenvalue weighted by Crippen LogP contribution is 2.31. The molecule has 3 aromatic rings. The number of nitrogens with zero attached hydrogens (tertiary/aromatic N) is 3. The van der Waals surface area contributed by atoms with Crippen LogP contribution in [0.25, 0.3) is 5.69 Å². The molecular weight excluding hydrogens is 626 g/mol. The van der Waals surface area contributed by atoms with Crippen LogP contribution in [0.2, 0.25) is 0 Å². The molecule has 12 nitrogen and oxygen atoms in total. The maximum Gasteiger partial charge on any atom is 0.238 e. The molecule has 0 bridgehead atoms. The Labute approximate surface area is 281 Å². The molecule has 1 unspecified atom stereocenters. The summed E-state index contributed by atoms with van der Waals surface area (Å²) in [6, 6.07) is 13.2. The second kappa shape index (κ2) is 19.0. The predicted molar refractivity (Wildman–Crippen MR) is 178 cm³/mol. The van der Waals surface area contributed by atoms with E-state index in [2.05, 4.69) is 21.0 Å². The maximum absolute atomic E-state index is 13.3. The van der Waals surface area contributed by atoms with Gasteiger partial charge in [0.15, 0.2) is 11.6 Å². The number of aromatic nitrogens is 2. The van der Waals surface area contributed by atoms with Crippen molar-refractivity contribution in [3.05, 3.63) is 71.3 Å². The molecule has 1 aromatic heterocycles. The summed E-state index contributed by atoms with van der Waals surface area (Å²) in [5.41, 5.74) is 2.18. The molecule has 264 valence electrons. The van der Waals surface area contributed by atoms with Crippen LogP contribution in [0.15, 0.2) is 48.5 Å². The van der Waals surface area contributed by atoms with Crippen LogP contribution in [0.1, 0.15) is 50.8 Å². The molecule has 2 heterocycles. The number of benzene rings is 2. The Balaban J connectivity index is 0.000000275. The van der Waals surface area contributed by atoms with Crippen LogP contribution >= 0.6 is 0 Å². The lowest BCUT2D eigenvalue weighted by Gasteiger charge is -2.23. The molecule has 2 amide bonds. The summed E-state index contributed by atoms with van der Waals surface area (Å²) in [5.74, 6) is -0.383. The van der Waals surface area contributed by atoms with Crippen molar-refractivity contribution in [1.82, 2.24) is 25.5 Å². The molecule has 3 atom stereocenters. The van der Waals surface area contributed by atoms with Crippen LogP contribution in [-0.2, 0) is 23.9 Å². The number of methoxy groups -OCH3 is 1. The summed E-state index contributed by atoms with van der Waals surface area (Å²) in [5, 5.41) is 14.9. The molecule has 0 saturated carbocycles. The number of carbonyl (C=O) groups is 2. The smallest absolute Gasteiger partial charge is 0.238 e. The van der Waals surface area contributed by atoms with Crippen molar-refractivity contribution < 1.29 is 37.4 Å². The molecule has 48 heavy (non-hydrogen) atoms. The molecule has 1 aliphatic rings. The van der Waals surface area contributed by atoms with Crippen LogP contribution < -0.4 is 20.7 Å². The van der Waals surface area contributed by atoms with Crippen molar-refractivity contribution in [2.45, 2.75) is 64.4 Å². The number of amides is 2. The van der Waals surface area contributed by atoms with Crippen LogP contribution in [0.4, 0.5) is 14.6 Å². The lowest BCUT2D eigenvalue weighted by atomic mass is 10.0. The van der Waals surface area contributed by atoms with E-state index < -0.39 is 17.7 Å². The predicted octanol–water partition coefficient (Wildman–Crippen LogP) is 4.33. The number of nitrogens with one attached hydrogen (secondary N) is 3. The molecule has 1 saturated heterocycles. The Bertz CT molecular complexity index is 1420. The summed E-state index contributed by atoms with van der Waals surface area (Å²) in [6.45, 7) is 10.6. The van der Waals surface area contributed by atoms with E-state index in [-0.39, 0.29) is 17.7 Å². The van der Waals surface area contributed by atoms with Gasteiger partial charge in [-0.1, -0.05) is 24.3 Å². The topological polar surface area (TPSA) is 128 Å². The van der Waals surface area contributed by atoms with Gasteiger partial charge in [-0.05, 0) is 57.5 Å². The van der Waals surface area contributed by atoms with Crippen molar-refractivity contribution in [2.24, 2.45) is 0 Å². The molecular formula is C34H48F2N6O6. The third-order valence-corrected chi connectivity index (χ3v) is 7.39. The van der Waals surface area contributed by atoms with E-state index in [0.29, 0.717) is 70.0 Å². The van der Waals surface area contributed by atoms with E-state index in [1.165, 1.54) is 6.07 Å². The van der Waals surface area contributed by atoms with Gasteiger partial charge in [0, 0.05) is 46.6 Å². The number of halogens is 2. The third-order valence-electron chi connectivity index (χ3n) is 7.39. The van der Waals surface area contributed by atoms with E-state index in [1.54, 1.807) is 12.2 Å². The SMILES string of the molecule is CNc1c(C)c(OC(CCNC=O)CCOC(C)(C)C)nn1-c1ccccc1.COCCN1C[C@@H](NC=O)[C@H](c2ccc(F)c(F)c2)O1. The van der Waals surface area contributed by atoms with Gasteiger partial charge in [-0.2, -0.15) is 5.06 Å². The fourth-order valence-corrected chi connectivity index (χ4v) is 5.00. The zero-order valence-corrected chi connectivity index (χ0v) is 28.5. The van der Waals surface area contributed by atoms with Gasteiger partial charge in [-0.3, -0.25) is 14.4 Å². The first-order chi connectivity index (χ1) is 23.0. The minimum Gasteiger partial charge on any atom is -0.473 e. The molecule has 0 spiro atoms. The second-order valence-electron chi connectivity index (χ2n) is 12.1. The van der Waals surface area contributed by atoms with Crippen molar-refractivity contribution in [1.29, 1.82) is 0 Å². The highest BCUT2D eigenvalue weighted by atomic mass is 19.2. The van der Waals surface area contributed by atoms with Crippen molar-refractivity contribution in [3.8, 4) is 11.6 Å². The van der Waals surface area contributed by atoms with Gasteiger partial charge in [0.1, 0.15) is 18.0 Å². The first-order valence-corrected chi connectivity index (χ1v) is 15.9. The molecule has 2 aromatic carbocycles. The average molecular weight is 675 g/mol. The summed E-state index contributed by atoms with van der Waals surface area (Å²) in [6.07, 6.45) is 2.01. The van der Waals surface area contributed by atoms with E-state index in [4.69, 9.17) is 19.0 Å². The lowest BCUT2D eigenvalue weighted by Crippen LogP contribution is -2.35. The van der Waals surface area contributed by atoms with Gasteiger partial charge in [0.05, 0.1) is 36.1 Å². The fourth-order valence-electron chi connectivity index (χ4n) is 5.00. The molecule has 14 heteroatoms. The largest absolute Gasteiger partial charge is 0.473 e. The Kier molecular flexibility index (Phi) is 15.2. The van der Waals surface area contributed by atoms with E-state index >= 15 is 0 Å². The molecule has 1 fully saturated rings. The van der Waals surface area contributed by atoms with E-state index in [1.807, 2.05) is 69.8 Å². The number of ether oxygens (including phenoxy) is 3. The molecule has 0 aliphatic carbocycles. The number of anilines is 1. The van der Waals surface area contributed by atoms with E-state index in [0.717, 1.165) is 29.2 Å². The van der Waals surface area contributed by atoms with Crippen molar-refractivity contribution in [3.63, 3.8) is 0 Å². The normalized spacial score (nSPS) is 16.8. The minimum atomic E-state index is -0.939. The van der Waals surface area contributed by atoms with Gasteiger partial charge < -0.3 is 30.2 Å². The van der Waals surface area contributed by atoms with Gasteiger partial charge in [-0.15, -0.1) is 5.10 Å². The summed E-state index contributed by atoms with van der Waals surface area (Å²) >= 11 is 0. The van der Waals surface area contributed by atoms with Crippen LogP contribution in [-0.4, -0.2) is 92.4 Å². The highest BCUT2D eigenvalue weighted by molar-refractivity contribution is 5.54. The highest BCUT2D eigenvalue weighted by Gasteiger charge is 2.35. The standard InChI is InChI=1S/C21H32N4O3.C13H16F2N2O3/c1-16-19(22-5)25(17-9-7-6-8-10-17)24-20(16)28-18(11-13-23-15-26)12-14-27-21(2,3)4;1-19-5-4-17-7-12(16-8-18)13(20-17)9-2-3-10(14)11(15)6-9/h6-10,15,18,22H,11-14H2,1-5H3,(H,23,26);2-3,6,8,12-13H,4-5,7H2,1H3,(H,16,18)/t;12-,13+/m.1/s1. The van der Waals surface area contributed by atoms with Gasteiger partial charge in [0.25, 0.3) is 0 Å². The Hall–Kier alpha value is -4.11. The van der Waals surface area contributed by atoms with Crippen LogP contribution in [0, 0.1) is 18.6 Å². The van der Waals surface area contributed by atoms with Gasteiger partial charge in [0.2, 0.25) is 18.7 Å². The Morgan fingerprint density at radius 3 is 2.44 bits per heavy atom. The maximum atomic E-state index is 13.3. The van der Waals surface area contributed by atoms with Crippen LogP contribution in [0.5, 0.6) is 5.88 Å². The quantitative estimate of drug-likeness (QED) is 0.142. The number of carbonyl (C=O) groups excluding carboxylic acids is 2. The summed E-state index contributed by atoms with van der Waals surface area (Å²) in [7, 11) is 3.44. The molecule has 0 radical (unpaired) electrons. The minimum absolute atomic E-state index is 0.114. The molecule has 4 rings (SSSR count). The number of rotatable bonds is 17. The van der Waals surface area contributed by atoms with Crippen molar-refractivity contribution in [2.75, 3.05) is 52.3 Å². The first kappa shape index (κ1) is 38.3. The monoisotopic (exact) mass is 674 g/mol. The summed E-state index contributed by atoms with van der Waals surface area (Å²) < 4.78 is 45.1. The number of para-hydroxylation sites is 1. The third kappa shape index (κ3) is 11.5. The summed E-state index contributed by atoms with van der Waals surface area (Å²) in [4.78, 5) is 26.9. The van der Waals surface area contributed by atoms with Crippen molar-refractivity contribution >= 4 is 18.6 Å². The average Bonchev–Trinajstić information content (AvgIpc) is 3.61. The number of hydroxylamine groups is 2. The zero-order chi connectivity index (χ0) is 35.1. The van der Waals surface area contributed by atoms with Gasteiger partial charge in [-0.25, -0.2) is 13.5 Å². The Morgan fingerprint density at radius 1 is 1.06 bits per heavy atom. The fraction of sp³-hybridized carbons (Fsp3) is 0.500. The zero-order valence-electron chi connectivity index (χ0n) is 28.5. The molecule has 1 aliphatic heterocycles. The lowest BCUT2D eigenvalue weighted by molar-refractivity contribution is -0.154. The first-order valence-electron chi connectivity index (χ1n) is 15.9.